The summed E-state index contributed by atoms with van der Waals surface area (Å²) in [5, 5.41) is 0. The van der Waals surface area contributed by atoms with Gasteiger partial charge < -0.3 is 4.74 Å². The Morgan fingerprint density at radius 1 is 0.852 bits per heavy atom. The summed E-state index contributed by atoms with van der Waals surface area (Å²) in [5.74, 6) is 0. The topological polar surface area (TPSA) is 44.1 Å². The van der Waals surface area contributed by atoms with E-state index in [0.717, 1.165) is 33.3 Å². The Balaban J connectivity index is 2.08. The van der Waals surface area contributed by atoms with Gasteiger partial charge in [0.05, 0.1) is 18.1 Å². The second-order valence-electron chi connectivity index (χ2n) is 6.60. The van der Waals surface area contributed by atoms with Gasteiger partial charge in [-0.05, 0) is 59.4 Å². The van der Waals surface area contributed by atoms with E-state index in [4.69, 9.17) is 4.74 Å². The molecule has 1 heterocycles. The van der Waals surface area contributed by atoms with E-state index in [2.05, 4.69) is 49.2 Å². The van der Waals surface area contributed by atoms with Crippen molar-refractivity contribution in [3.05, 3.63) is 78.1 Å². The van der Waals surface area contributed by atoms with Gasteiger partial charge in [0.25, 0.3) is 0 Å². The number of hydrogen-bond acceptors (Lipinski definition) is 3. The summed E-state index contributed by atoms with van der Waals surface area (Å²) in [6.07, 6.45) is 1.07. The number of hydrogen-bond donors (Lipinski definition) is 0. The average molecular weight is 356 g/mol. The van der Waals surface area contributed by atoms with Gasteiger partial charge in [-0.1, -0.05) is 48.5 Å². The quantitative estimate of drug-likeness (QED) is 0.469. The van der Waals surface area contributed by atoms with E-state index in [1.165, 1.54) is 29.1 Å². The van der Waals surface area contributed by atoms with E-state index >= 15 is 0 Å². The Hall–Kier alpha value is -3.40. The molecule has 4 heteroatoms. The molecule has 0 saturated heterocycles. The van der Waals surface area contributed by atoms with Gasteiger partial charge in [0, 0.05) is 0 Å². The molecule has 0 saturated carbocycles. The summed E-state index contributed by atoms with van der Waals surface area (Å²) in [6, 6.07) is 20.7. The van der Waals surface area contributed by atoms with Crippen LogP contribution in [0, 0.1) is 13.8 Å². The van der Waals surface area contributed by atoms with E-state index in [-0.39, 0.29) is 0 Å². The van der Waals surface area contributed by atoms with E-state index in [0.29, 0.717) is 0 Å². The Morgan fingerprint density at radius 3 is 1.96 bits per heavy atom. The van der Waals surface area contributed by atoms with Crippen molar-refractivity contribution in [1.82, 2.24) is 9.55 Å². The van der Waals surface area contributed by atoms with Gasteiger partial charge in [-0.3, -0.25) is 0 Å². The number of benzene rings is 3. The highest BCUT2D eigenvalue weighted by molar-refractivity contribution is 5.97. The summed E-state index contributed by atoms with van der Waals surface area (Å²) in [6.45, 7) is 4.20. The molecule has 4 aromatic rings. The van der Waals surface area contributed by atoms with Gasteiger partial charge in [-0.25, -0.2) is 14.3 Å². The smallest absolute Gasteiger partial charge is 0.419 e. The van der Waals surface area contributed by atoms with Crippen LogP contribution in [0.5, 0.6) is 0 Å². The first-order valence-electron chi connectivity index (χ1n) is 8.81. The maximum atomic E-state index is 12.1. The normalized spacial score (nSPS) is 10.9. The molecule has 1 aromatic heterocycles. The second-order valence-corrected chi connectivity index (χ2v) is 6.60. The lowest BCUT2D eigenvalue weighted by Crippen LogP contribution is -2.09. The summed E-state index contributed by atoms with van der Waals surface area (Å²) >= 11 is 0. The molecule has 0 aliphatic rings. The van der Waals surface area contributed by atoms with Gasteiger partial charge in [0.15, 0.2) is 0 Å². The highest BCUT2D eigenvalue weighted by atomic mass is 16.5. The third-order valence-electron chi connectivity index (χ3n) is 4.93. The lowest BCUT2D eigenvalue weighted by atomic mass is 9.90. The molecule has 0 N–H and O–H groups in total. The Morgan fingerprint density at radius 2 is 1.41 bits per heavy atom. The monoisotopic (exact) mass is 356 g/mol. The molecule has 0 atom stereocenters. The lowest BCUT2D eigenvalue weighted by molar-refractivity contribution is 0.174. The number of nitrogens with zero attached hydrogens (tertiary/aromatic N) is 2. The molecule has 0 unspecified atom stereocenters. The maximum absolute atomic E-state index is 12.1. The van der Waals surface area contributed by atoms with Gasteiger partial charge in [0.1, 0.15) is 6.33 Å². The van der Waals surface area contributed by atoms with Crippen molar-refractivity contribution in [3.63, 3.8) is 0 Å². The molecule has 0 bridgehead atoms. The maximum Gasteiger partial charge on any atom is 0.419 e. The molecule has 4 rings (SSSR count). The molecule has 27 heavy (non-hydrogen) atoms. The molecule has 0 aliphatic heterocycles. The van der Waals surface area contributed by atoms with Crippen molar-refractivity contribution in [2.75, 3.05) is 7.11 Å². The van der Waals surface area contributed by atoms with Crippen molar-refractivity contribution in [2.24, 2.45) is 0 Å². The summed E-state index contributed by atoms with van der Waals surface area (Å²) in [7, 11) is 1.37. The molecule has 0 amide bonds. The summed E-state index contributed by atoms with van der Waals surface area (Å²) in [4.78, 5) is 16.5. The van der Waals surface area contributed by atoms with Crippen molar-refractivity contribution in [3.8, 4) is 22.3 Å². The number of aromatic nitrogens is 2. The molecular formula is C23H20N2O2. The van der Waals surface area contributed by atoms with Gasteiger partial charge in [-0.15, -0.1) is 0 Å². The Bertz CT molecular complexity index is 1160. The molecule has 0 fully saturated rings. The van der Waals surface area contributed by atoms with Crippen LogP contribution in [-0.4, -0.2) is 22.8 Å². The molecule has 4 nitrogen and oxygen atoms in total. The third kappa shape index (κ3) is 2.89. The van der Waals surface area contributed by atoms with Crippen LogP contribution in [-0.2, 0) is 4.74 Å². The van der Waals surface area contributed by atoms with E-state index < -0.39 is 6.09 Å². The average Bonchev–Trinajstić information content (AvgIpc) is 3.10. The number of carbonyl (C=O) groups is 1. The summed E-state index contributed by atoms with van der Waals surface area (Å²) in [5.41, 5.74) is 8.33. The highest BCUT2D eigenvalue weighted by Gasteiger charge is 2.17. The second kappa shape index (κ2) is 6.72. The minimum Gasteiger partial charge on any atom is -0.452 e. The SMILES string of the molecule is COC(=O)n1cnc2cc(-c3ccccc3C)c(-c3ccccc3C)cc21. The minimum absolute atomic E-state index is 0.447. The number of imidazole rings is 1. The van der Waals surface area contributed by atoms with Gasteiger partial charge in [0.2, 0.25) is 0 Å². The Labute approximate surface area is 158 Å². The van der Waals surface area contributed by atoms with Crippen LogP contribution in [0.4, 0.5) is 4.79 Å². The lowest BCUT2D eigenvalue weighted by Gasteiger charge is -2.15. The first-order valence-corrected chi connectivity index (χ1v) is 8.81. The van der Waals surface area contributed by atoms with E-state index in [1.807, 2.05) is 30.3 Å². The predicted molar refractivity (Wildman–Crippen MR) is 108 cm³/mol. The van der Waals surface area contributed by atoms with E-state index in [1.54, 1.807) is 0 Å². The number of ether oxygens (including phenoxy) is 1. The molecule has 3 aromatic carbocycles. The fourth-order valence-corrected chi connectivity index (χ4v) is 3.50. The fraction of sp³-hybridized carbons (Fsp3) is 0.130. The zero-order valence-electron chi connectivity index (χ0n) is 15.6. The summed E-state index contributed by atoms with van der Waals surface area (Å²) < 4.78 is 6.33. The zero-order valence-corrected chi connectivity index (χ0v) is 15.6. The number of fused-ring (bicyclic) bond motifs is 1. The van der Waals surface area contributed by atoms with Crippen molar-refractivity contribution in [1.29, 1.82) is 0 Å². The molecular weight excluding hydrogens is 336 g/mol. The molecule has 134 valence electrons. The first kappa shape index (κ1) is 17.0. The van der Waals surface area contributed by atoms with Crippen LogP contribution in [0.3, 0.4) is 0 Å². The number of methoxy groups -OCH3 is 1. The standard InChI is InChI=1S/C23H20N2O2/c1-15-8-4-6-10-17(15)19-12-21-22(25(14-24-21)23(26)27-3)13-20(19)18-11-7-5-9-16(18)2/h4-14H,1-3H3. The number of carbonyl (C=O) groups excluding carboxylic acids is 1. The molecule has 0 aliphatic carbocycles. The van der Waals surface area contributed by atoms with Crippen LogP contribution < -0.4 is 0 Å². The zero-order chi connectivity index (χ0) is 19.0. The van der Waals surface area contributed by atoms with Crippen LogP contribution in [0.15, 0.2) is 67.0 Å². The fourth-order valence-electron chi connectivity index (χ4n) is 3.50. The van der Waals surface area contributed by atoms with Crippen molar-refractivity contribution in [2.45, 2.75) is 13.8 Å². The van der Waals surface area contributed by atoms with Gasteiger partial charge >= 0.3 is 6.09 Å². The van der Waals surface area contributed by atoms with Crippen LogP contribution in [0.1, 0.15) is 11.1 Å². The number of rotatable bonds is 2. The Kier molecular flexibility index (Phi) is 4.24. The van der Waals surface area contributed by atoms with Crippen molar-refractivity contribution >= 4 is 17.1 Å². The van der Waals surface area contributed by atoms with Crippen LogP contribution in [0.2, 0.25) is 0 Å². The molecule has 0 radical (unpaired) electrons. The van der Waals surface area contributed by atoms with Gasteiger partial charge in [-0.2, -0.15) is 0 Å². The minimum atomic E-state index is -0.447. The third-order valence-corrected chi connectivity index (χ3v) is 4.93. The highest BCUT2D eigenvalue weighted by Crippen LogP contribution is 2.38. The van der Waals surface area contributed by atoms with E-state index in [9.17, 15) is 4.79 Å². The predicted octanol–water partition coefficient (Wildman–Crippen LogP) is 5.60. The largest absolute Gasteiger partial charge is 0.452 e. The van der Waals surface area contributed by atoms with Crippen LogP contribution in [0.25, 0.3) is 33.3 Å². The van der Waals surface area contributed by atoms with Crippen molar-refractivity contribution < 1.29 is 9.53 Å². The molecule has 0 spiro atoms. The number of aryl methyl sites for hydroxylation is 2. The van der Waals surface area contributed by atoms with Crippen LogP contribution >= 0.6 is 0 Å². The first-order chi connectivity index (χ1) is 13.1.